The summed E-state index contributed by atoms with van der Waals surface area (Å²) in [5.74, 6) is 2.46. The Hall–Kier alpha value is -2.45. The third-order valence-electron chi connectivity index (χ3n) is 5.00. The van der Waals surface area contributed by atoms with E-state index in [4.69, 9.17) is 20.2 Å². The van der Waals surface area contributed by atoms with Gasteiger partial charge in [-0.2, -0.15) is 0 Å². The van der Waals surface area contributed by atoms with E-state index >= 15 is 0 Å². The second kappa shape index (κ2) is 6.61. The molecule has 2 N–H and O–H groups in total. The van der Waals surface area contributed by atoms with E-state index in [9.17, 15) is 4.39 Å². The normalized spacial score (nSPS) is 17.7. The van der Waals surface area contributed by atoms with Crippen LogP contribution in [0.25, 0.3) is 21.6 Å². The highest BCUT2D eigenvalue weighted by atomic mass is 32.1. The number of hydrogen-bond acceptors (Lipinski definition) is 7. The molecule has 0 atom stereocenters. The Morgan fingerprint density at radius 1 is 1.15 bits per heavy atom. The van der Waals surface area contributed by atoms with Crippen LogP contribution in [-0.2, 0) is 6.54 Å². The van der Waals surface area contributed by atoms with E-state index in [-0.39, 0.29) is 6.79 Å². The maximum atomic E-state index is 13.3. The SMILES string of the molecule is Nc1nc(-c2ccc3c(c2)OCO3)nc2sc(CN3CCC(F)CC3)cc12. The fraction of sp³-hybridized carbons (Fsp3) is 0.368. The lowest BCUT2D eigenvalue weighted by atomic mass is 10.1. The first kappa shape index (κ1) is 16.7. The topological polar surface area (TPSA) is 73.5 Å². The minimum atomic E-state index is -0.658. The van der Waals surface area contributed by atoms with Crippen molar-refractivity contribution in [1.82, 2.24) is 14.9 Å². The van der Waals surface area contributed by atoms with Gasteiger partial charge in [0, 0.05) is 30.1 Å². The molecule has 140 valence electrons. The lowest BCUT2D eigenvalue weighted by Crippen LogP contribution is -2.33. The van der Waals surface area contributed by atoms with Gasteiger partial charge in [-0.15, -0.1) is 11.3 Å². The Morgan fingerprint density at radius 3 is 2.81 bits per heavy atom. The van der Waals surface area contributed by atoms with Crippen molar-refractivity contribution in [3.05, 3.63) is 29.1 Å². The summed E-state index contributed by atoms with van der Waals surface area (Å²) in [7, 11) is 0. The number of nitrogens with two attached hydrogens (primary N) is 1. The molecule has 0 saturated carbocycles. The summed E-state index contributed by atoms with van der Waals surface area (Å²) in [4.78, 5) is 13.5. The van der Waals surface area contributed by atoms with Gasteiger partial charge in [0.1, 0.15) is 16.8 Å². The Balaban J connectivity index is 1.44. The molecule has 3 aromatic rings. The second-order valence-corrected chi connectivity index (χ2v) is 8.00. The minimum Gasteiger partial charge on any atom is -0.454 e. The van der Waals surface area contributed by atoms with Crippen LogP contribution in [0.1, 0.15) is 17.7 Å². The summed E-state index contributed by atoms with van der Waals surface area (Å²) >= 11 is 1.62. The molecule has 6 nitrogen and oxygen atoms in total. The molecular weight excluding hydrogens is 367 g/mol. The van der Waals surface area contributed by atoms with Crippen LogP contribution in [-0.4, -0.2) is 40.9 Å². The molecule has 1 saturated heterocycles. The summed E-state index contributed by atoms with van der Waals surface area (Å²) in [5, 5.41) is 0.875. The van der Waals surface area contributed by atoms with Gasteiger partial charge in [0.05, 0.1) is 5.39 Å². The highest BCUT2D eigenvalue weighted by molar-refractivity contribution is 7.18. The monoisotopic (exact) mass is 386 g/mol. The number of ether oxygens (including phenoxy) is 2. The standard InChI is InChI=1S/C19H19FN4O2S/c20-12-3-5-24(6-4-12)9-13-8-14-17(21)22-18(23-19(14)27-13)11-1-2-15-16(7-11)26-10-25-15/h1-2,7-8,12H,3-6,9-10H2,(H2,21,22,23). The van der Waals surface area contributed by atoms with Crippen LogP contribution in [0.2, 0.25) is 0 Å². The van der Waals surface area contributed by atoms with Gasteiger partial charge < -0.3 is 15.2 Å². The third kappa shape index (κ3) is 3.19. The van der Waals surface area contributed by atoms with Crippen molar-refractivity contribution in [3.8, 4) is 22.9 Å². The van der Waals surface area contributed by atoms with Gasteiger partial charge >= 0.3 is 0 Å². The number of rotatable bonds is 3. The Morgan fingerprint density at radius 2 is 1.96 bits per heavy atom. The zero-order valence-corrected chi connectivity index (χ0v) is 15.5. The molecule has 0 radical (unpaired) electrons. The molecule has 5 rings (SSSR count). The predicted molar refractivity (Wildman–Crippen MR) is 103 cm³/mol. The van der Waals surface area contributed by atoms with Crippen LogP contribution in [0, 0.1) is 0 Å². The Labute approximate surface area is 159 Å². The molecule has 4 heterocycles. The number of piperidine rings is 1. The lowest BCUT2D eigenvalue weighted by Gasteiger charge is -2.27. The number of alkyl halides is 1. The van der Waals surface area contributed by atoms with Crippen molar-refractivity contribution in [1.29, 1.82) is 0 Å². The quantitative estimate of drug-likeness (QED) is 0.741. The molecule has 0 bridgehead atoms. The molecule has 0 amide bonds. The number of fused-ring (bicyclic) bond motifs is 2. The van der Waals surface area contributed by atoms with Crippen molar-refractivity contribution in [2.24, 2.45) is 0 Å². The molecule has 0 aliphatic carbocycles. The van der Waals surface area contributed by atoms with Crippen LogP contribution in [0.5, 0.6) is 11.5 Å². The summed E-state index contributed by atoms with van der Waals surface area (Å²) in [6, 6.07) is 7.69. The molecule has 2 aromatic heterocycles. The average Bonchev–Trinajstić information content (AvgIpc) is 3.29. The number of nitrogens with zero attached hydrogens (tertiary/aromatic N) is 3. The summed E-state index contributed by atoms with van der Waals surface area (Å²) in [6.07, 6.45) is 0.566. The second-order valence-electron chi connectivity index (χ2n) is 6.88. The fourth-order valence-corrected chi connectivity index (χ4v) is 4.59. The lowest BCUT2D eigenvalue weighted by molar-refractivity contribution is 0.146. The number of anilines is 1. The first-order chi connectivity index (χ1) is 13.2. The number of halogens is 1. The van der Waals surface area contributed by atoms with Gasteiger partial charge in [-0.05, 0) is 37.1 Å². The van der Waals surface area contributed by atoms with Gasteiger partial charge in [0.2, 0.25) is 6.79 Å². The minimum absolute atomic E-state index is 0.231. The Kier molecular flexibility index (Phi) is 4.09. The summed E-state index contributed by atoms with van der Waals surface area (Å²) in [6.45, 7) is 2.61. The number of aromatic nitrogens is 2. The molecule has 27 heavy (non-hydrogen) atoms. The van der Waals surface area contributed by atoms with Crippen molar-refractivity contribution in [2.75, 3.05) is 25.6 Å². The number of benzene rings is 1. The van der Waals surface area contributed by atoms with Crippen LogP contribution < -0.4 is 15.2 Å². The van der Waals surface area contributed by atoms with E-state index < -0.39 is 6.17 Å². The van der Waals surface area contributed by atoms with Crippen LogP contribution in [0.3, 0.4) is 0 Å². The van der Waals surface area contributed by atoms with Crippen molar-refractivity contribution in [2.45, 2.75) is 25.6 Å². The summed E-state index contributed by atoms with van der Waals surface area (Å²) in [5.41, 5.74) is 7.05. The maximum Gasteiger partial charge on any atom is 0.231 e. The van der Waals surface area contributed by atoms with E-state index in [1.807, 2.05) is 18.2 Å². The zero-order valence-electron chi connectivity index (χ0n) is 14.7. The predicted octanol–water partition coefficient (Wildman–Crippen LogP) is 3.60. The molecule has 0 spiro atoms. The zero-order chi connectivity index (χ0) is 18.4. The highest BCUT2D eigenvalue weighted by Gasteiger charge is 2.20. The van der Waals surface area contributed by atoms with E-state index in [0.717, 1.165) is 41.2 Å². The van der Waals surface area contributed by atoms with Gasteiger partial charge in [-0.25, -0.2) is 14.4 Å². The van der Waals surface area contributed by atoms with Gasteiger partial charge in [0.25, 0.3) is 0 Å². The smallest absolute Gasteiger partial charge is 0.231 e. The molecule has 2 aliphatic rings. The number of likely N-dealkylation sites (tertiary alicyclic amines) is 1. The molecule has 8 heteroatoms. The van der Waals surface area contributed by atoms with Gasteiger partial charge in [0.15, 0.2) is 17.3 Å². The van der Waals surface area contributed by atoms with Gasteiger partial charge in [-0.1, -0.05) is 0 Å². The first-order valence-corrected chi connectivity index (χ1v) is 9.80. The number of hydrogen-bond donors (Lipinski definition) is 1. The van der Waals surface area contributed by atoms with E-state index in [1.54, 1.807) is 11.3 Å². The van der Waals surface area contributed by atoms with Crippen LogP contribution >= 0.6 is 11.3 Å². The van der Waals surface area contributed by atoms with Crippen LogP contribution in [0.15, 0.2) is 24.3 Å². The number of thiophene rings is 1. The van der Waals surface area contributed by atoms with Gasteiger partial charge in [-0.3, -0.25) is 4.90 Å². The highest BCUT2D eigenvalue weighted by Crippen LogP contribution is 2.36. The first-order valence-electron chi connectivity index (χ1n) is 8.98. The van der Waals surface area contributed by atoms with E-state index in [1.165, 1.54) is 4.88 Å². The molecule has 0 unspecified atom stereocenters. The largest absolute Gasteiger partial charge is 0.454 e. The fourth-order valence-electron chi connectivity index (χ4n) is 3.52. The van der Waals surface area contributed by atoms with Crippen molar-refractivity contribution < 1.29 is 13.9 Å². The number of nitrogen functional groups attached to an aromatic ring is 1. The Bertz CT molecular complexity index is 1000. The van der Waals surface area contributed by atoms with Crippen LogP contribution in [0.4, 0.5) is 10.2 Å². The maximum absolute atomic E-state index is 13.3. The van der Waals surface area contributed by atoms with Crippen molar-refractivity contribution in [3.63, 3.8) is 0 Å². The molecule has 1 fully saturated rings. The molecule has 1 aromatic carbocycles. The molecule has 2 aliphatic heterocycles. The molecular formula is C19H19FN4O2S. The van der Waals surface area contributed by atoms with E-state index in [2.05, 4.69) is 16.0 Å². The van der Waals surface area contributed by atoms with E-state index in [0.29, 0.717) is 30.2 Å². The average molecular weight is 386 g/mol. The van der Waals surface area contributed by atoms with Crippen molar-refractivity contribution >= 4 is 27.4 Å². The summed E-state index contributed by atoms with van der Waals surface area (Å²) < 4.78 is 24.1. The third-order valence-corrected chi connectivity index (χ3v) is 6.01.